The summed E-state index contributed by atoms with van der Waals surface area (Å²) in [5, 5.41) is 33.3. The molecule has 240 valence electrons. The van der Waals surface area contributed by atoms with Gasteiger partial charge in [0.2, 0.25) is 0 Å². The molecule has 42 heavy (non-hydrogen) atoms. The number of thioether (sulfide) groups is 1. The van der Waals surface area contributed by atoms with Crippen LogP contribution in [0.3, 0.4) is 0 Å². The second-order valence-corrected chi connectivity index (χ2v) is 13.8. The Hall–Kier alpha value is -1.95. The number of rotatable bonds is 15. The predicted molar refractivity (Wildman–Crippen MR) is 148 cm³/mol. The Bertz CT molecular complexity index is 1270. The Morgan fingerprint density at radius 3 is 2.50 bits per heavy atom. The SMILES string of the molecule is CC(C)OC(=O)C(C)NP(=O)(OCCSC(=O)C(C)(C)CO)OCC1(CF)OC(n2ccc(=O)[nH]c2=O)C(C)(O)C1O. The van der Waals surface area contributed by atoms with Crippen molar-refractivity contribution in [3.63, 3.8) is 0 Å². The van der Waals surface area contributed by atoms with Crippen molar-refractivity contribution in [2.75, 3.05) is 32.2 Å². The van der Waals surface area contributed by atoms with E-state index in [0.717, 1.165) is 35.5 Å². The number of aromatic nitrogens is 2. The lowest BCUT2D eigenvalue weighted by atomic mass is 9.88. The largest absolute Gasteiger partial charge is 0.462 e. The van der Waals surface area contributed by atoms with Gasteiger partial charge in [-0.3, -0.25) is 33.0 Å². The first-order valence-electron chi connectivity index (χ1n) is 13.0. The summed E-state index contributed by atoms with van der Waals surface area (Å²) in [4.78, 5) is 50.4. The number of hydrogen-bond donors (Lipinski definition) is 5. The van der Waals surface area contributed by atoms with Crippen LogP contribution in [0.15, 0.2) is 21.9 Å². The van der Waals surface area contributed by atoms with Gasteiger partial charge in [0.25, 0.3) is 5.56 Å². The fraction of sp³-hybridized carbons (Fsp3) is 0.750. The van der Waals surface area contributed by atoms with Gasteiger partial charge in [-0.25, -0.2) is 18.8 Å². The topological polar surface area (TPSA) is 216 Å². The van der Waals surface area contributed by atoms with Crippen LogP contribution in [0.4, 0.5) is 4.39 Å². The lowest BCUT2D eigenvalue weighted by Gasteiger charge is -2.32. The highest BCUT2D eigenvalue weighted by Crippen LogP contribution is 2.50. The molecule has 2 rings (SSSR count). The van der Waals surface area contributed by atoms with Crippen molar-refractivity contribution in [3.05, 3.63) is 33.1 Å². The molecule has 0 aliphatic carbocycles. The molecule has 1 fully saturated rings. The summed E-state index contributed by atoms with van der Waals surface area (Å²) in [6.45, 7) is 5.37. The zero-order valence-corrected chi connectivity index (χ0v) is 25.9. The molecule has 1 aliphatic heterocycles. The molecule has 1 aliphatic rings. The predicted octanol–water partition coefficient (Wildman–Crippen LogP) is 0.235. The number of carbonyl (C=O) groups is 2. The first-order chi connectivity index (χ1) is 19.3. The number of aliphatic hydroxyl groups excluding tert-OH is 2. The monoisotopic (exact) mass is 643 g/mol. The van der Waals surface area contributed by atoms with E-state index >= 15 is 0 Å². The number of nitrogens with one attached hydrogen (secondary N) is 2. The van der Waals surface area contributed by atoms with Crippen LogP contribution >= 0.6 is 19.5 Å². The average molecular weight is 644 g/mol. The van der Waals surface area contributed by atoms with E-state index in [9.17, 15) is 43.5 Å². The minimum atomic E-state index is -4.54. The first kappa shape index (κ1) is 36.2. The normalized spacial score (nSPS) is 26.6. The Labute approximate surface area is 245 Å². The minimum absolute atomic E-state index is 0.0403. The van der Waals surface area contributed by atoms with Gasteiger partial charge in [0.05, 0.1) is 31.3 Å². The maximum atomic E-state index is 14.5. The highest BCUT2D eigenvalue weighted by molar-refractivity contribution is 8.13. The lowest BCUT2D eigenvalue weighted by Crippen LogP contribution is -2.53. The van der Waals surface area contributed by atoms with Crippen molar-refractivity contribution in [1.82, 2.24) is 14.6 Å². The summed E-state index contributed by atoms with van der Waals surface area (Å²) in [7, 11) is -4.54. The third kappa shape index (κ3) is 8.57. The first-order valence-corrected chi connectivity index (χ1v) is 15.5. The van der Waals surface area contributed by atoms with Crippen LogP contribution in [0.1, 0.15) is 47.8 Å². The van der Waals surface area contributed by atoms with E-state index in [1.807, 2.05) is 4.98 Å². The number of hydrogen-bond acceptors (Lipinski definition) is 13. The Balaban J connectivity index is 2.29. The lowest BCUT2D eigenvalue weighted by molar-refractivity contribution is -0.149. The smallest absolute Gasteiger partial charge is 0.406 e. The number of halogens is 1. The van der Waals surface area contributed by atoms with Crippen molar-refractivity contribution in [2.45, 2.75) is 77.2 Å². The number of aliphatic hydroxyl groups is 3. The standard InChI is InChI=1S/C24H39FN3O12PS/c1-14(2)39-17(31)15(3)27-41(36,37-9-10-42-20(33)22(4,5)12-29)38-13-24(11-25)18(32)23(6,35)19(40-24)28-8-7-16(30)26-21(28)34/h7-8,14-15,18-19,29,32,35H,9-13H2,1-6H3,(H,27,36)(H,26,30,34). The van der Waals surface area contributed by atoms with Crippen LogP contribution in [0.5, 0.6) is 0 Å². The van der Waals surface area contributed by atoms with Crippen LogP contribution in [0.25, 0.3) is 0 Å². The van der Waals surface area contributed by atoms with Gasteiger partial charge in [0.1, 0.15) is 24.4 Å². The van der Waals surface area contributed by atoms with Crippen molar-refractivity contribution in [1.29, 1.82) is 0 Å². The molecule has 0 radical (unpaired) electrons. The van der Waals surface area contributed by atoms with Crippen molar-refractivity contribution >= 4 is 30.6 Å². The average Bonchev–Trinajstić information content (AvgIpc) is 3.10. The summed E-state index contributed by atoms with van der Waals surface area (Å²) >= 11 is 0.794. The number of aromatic amines is 1. The molecular weight excluding hydrogens is 604 g/mol. The molecule has 15 nitrogen and oxygen atoms in total. The summed E-state index contributed by atoms with van der Waals surface area (Å²) in [5.74, 6) is -0.856. The van der Waals surface area contributed by atoms with Crippen LogP contribution in [-0.2, 0) is 32.7 Å². The van der Waals surface area contributed by atoms with E-state index in [2.05, 4.69) is 5.09 Å². The molecule has 0 bridgehead atoms. The molecule has 0 amide bonds. The summed E-state index contributed by atoms with van der Waals surface area (Å²) in [6, 6.07) is -0.306. The quantitative estimate of drug-likeness (QED) is 0.0983. The number of carbonyl (C=O) groups excluding carboxylic acids is 2. The molecule has 0 saturated carbocycles. The number of nitrogens with zero attached hydrogens (tertiary/aromatic N) is 1. The molecule has 5 N–H and O–H groups in total. The molecule has 2 heterocycles. The summed E-state index contributed by atoms with van der Waals surface area (Å²) in [5.41, 5.74) is -7.49. The van der Waals surface area contributed by atoms with Gasteiger partial charge in [-0.1, -0.05) is 11.8 Å². The second kappa shape index (κ2) is 14.2. The van der Waals surface area contributed by atoms with Gasteiger partial charge in [-0.05, 0) is 41.5 Å². The van der Waals surface area contributed by atoms with Crippen LogP contribution < -0.4 is 16.3 Å². The van der Waals surface area contributed by atoms with Gasteiger partial charge in [-0.15, -0.1) is 0 Å². The Morgan fingerprint density at radius 2 is 1.95 bits per heavy atom. The molecule has 6 atom stereocenters. The number of H-pyrrole nitrogens is 1. The fourth-order valence-corrected chi connectivity index (χ4v) is 6.22. The van der Waals surface area contributed by atoms with Crippen LogP contribution in [0.2, 0.25) is 0 Å². The van der Waals surface area contributed by atoms with E-state index in [-0.39, 0.29) is 17.5 Å². The molecular formula is C24H39FN3O12PS. The third-order valence-electron chi connectivity index (χ3n) is 6.29. The Kier molecular flexibility index (Phi) is 12.3. The third-order valence-corrected chi connectivity index (χ3v) is 9.17. The van der Waals surface area contributed by atoms with Gasteiger partial charge in [-0.2, -0.15) is 0 Å². The van der Waals surface area contributed by atoms with E-state index in [1.165, 1.54) is 20.8 Å². The molecule has 1 saturated heterocycles. The van der Waals surface area contributed by atoms with Crippen LogP contribution in [0, 0.1) is 5.41 Å². The number of esters is 1. The summed E-state index contributed by atoms with van der Waals surface area (Å²) < 4.78 is 50.5. The number of ether oxygens (including phenoxy) is 2. The van der Waals surface area contributed by atoms with Gasteiger partial charge in [0, 0.05) is 18.0 Å². The highest BCUT2D eigenvalue weighted by Gasteiger charge is 2.63. The van der Waals surface area contributed by atoms with E-state index in [0.29, 0.717) is 0 Å². The minimum Gasteiger partial charge on any atom is -0.462 e. The summed E-state index contributed by atoms with van der Waals surface area (Å²) in [6.07, 6.45) is -3.28. The molecule has 1 aromatic rings. The molecule has 1 aromatic heterocycles. The van der Waals surface area contributed by atoms with Crippen molar-refractivity contribution in [3.8, 4) is 0 Å². The second-order valence-electron chi connectivity index (χ2n) is 10.9. The molecule has 18 heteroatoms. The maximum Gasteiger partial charge on any atom is 0.406 e. The fourth-order valence-electron chi connectivity index (χ4n) is 3.76. The molecule has 0 aromatic carbocycles. The molecule has 0 spiro atoms. The number of alkyl halides is 1. The van der Waals surface area contributed by atoms with Crippen LogP contribution in [-0.4, -0.2) is 97.7 Å². The molecule has 6 unspecified atom stereocenters. The van der Waals surface area contributed by atoms with E-state index in [1.54, 1.807) is 13.8 Å². The zero-order valence-electron chi connectivity index (χ0n) is 24.2. The highest BCUT2D eigenvalue weighted by atomic mass is 32.2. The maximum absolute atomic E-state index is 14.5. The van der Waals surface area contributed by atoms with Crippen molar-refractivity contribution in [2.24, 2.45) is 5.41 Å². The van der Waals surface area contributed by atoms with Crippen molar-refractivity contribution < 1.29 is 52.4 Å². The van der Waals surface area contributed by atoms with Gasteiger partial charge in [0.15, 0.2) is 16.9 Å². The van der Waals surface area contributed by atoms with E-state index < -0.39 is 85.9 Å². The zero-order chi connectivity index (χ0) is 32.1. The van der Waals surface area contributed by atoms with E-state index in [4.69, 9.17) is 18.5 Å². The van der Waals surface area contributed by atoms with Gasteiger partial charge < -0.3 is 24.8 Å². The van der Waals surface area contributed by atoms with Gasteiger partial charge >= 0.3 is 19.4 Å². The Morgan fingerprint density at radius 1 is 1.31 bits per heavy atom.